The van der Waals surface area contributed by atoms with Crippen LogP contribution in [-0.2, 0) is 14.3 Å². The highest BCUT2D eigenvalue weighted by atomic mass is 16.5. The Labute approximate surface area is 110 Å². The van der Waals surface area contributed by atoms with Crippen molar-refractivity contribution in [3.05, 3.63) is 0 Å². The van der Waals surface area contributed by atoms with E-state index in [0.717, 1.165) is 58.0 Å². The minimum absolute atomic E-state index is 0.0734. The van der Waals surface area contributed by atoms with Gasteiger partial charge >= 0.3 is 5.97 Å². The van der Waals surface area contributed by atoms with Crippen LogP contribution in [0.5, 0.6) is 0 Å². The number of aliphatic hydroxyl groups excluding tert-OH is 1. The van der Waals surface area contributed by atoms with Gasteiger partial charge in [0.15, 0.2) is 0 Å². The smallest absolute Gasteiger partial charge is 0.305 e. The molecule has 0 bridgehead atoms. The molecular weight excluding hydrogens is 232 g/mol. The van der Waals surface area contributed by atoms with Crippen LogP contribution < -0.4 is 0 Å². The Hall–Kier alpha value is -0.610. The molecule has 0 amide bonds. The molecule has 1 rings (SSSR count). The van der Waals surface area contributed by atoms with E-state index < -0.39 is 0 Å². The topological polar surface area (TPSA) is 55.8 Å². The molecule has 0 aromatic heterocycles. The molecule has 4 nitrogen and oxygen atoms in total. The molecule has 1 heterocycles. The molecule has 4 heteroatoms. The van der Waals surface area contributed by atoms with Crippen molar-refractivity contribution >= 4 is 5.97 Å². The van der Waals surface area contributed by atoms with Crippen LogP contribution >= 0.6 is 0 Å². The van der Waals surface area contributed by atoms with Crippen LogP contribution in [-0.4, -0.2) is 37.0 Å². The standard InChI is InChI=1S/C14H26O4/c1-17-14(16)10-6-4-2-3-5-8-12(15)13-9-7-11-18-13/h12-13,15H,2-11H2,1H3/t12-,13?/m1/s1. The third-order valence-corrected chi connectivity index (χ3v) is 3.50. The summed E-state index contributed by atoms with van der Waals surface area (Å²) in [4.78, 5) is 10.9. The number of carbonyl (C=O) groups excluding carboxylic acids is 1. The molecule has 1 saturated heterocycles. The summed E-state index contributed by atoms with van der Waals surface area (Å²) in [5.74, 6) is -0.121. The van der Waals surface area contributed by atoms with E-state index in [1.165, 1.54) is 7.11 Å². The molecular formula is C14H26O4. The van der Waals surface area contributed by atoms with Gasteiger partial charge in [-0.2, -0.15) is 0 Å². The summed E-state index contributed by atoms with van der Waals surface area (Å²) in [5, 5.41) is 9.87. The highest BCUT2D eigenvalue weighted by molar-refractivity contribution is 5.68. The highest BCUT2D eigenvalue weighted by Gasteiger charge is 2.23. The fraction of sp³-hybridized carbons (Fsp3) is 0.929. The molecule has 0 spiro atoms. The Bertz CT molecular complexity index is 224. The van der Waals surface area contributed by atoms with Gasteiger partial charge in [-0.1, -0.05) is 25.7 Å². The third kappa shape index (κ3) is 6.36. The van der Waals surface area contributed by atoms with Crippen molar-refractivity contribution in [1.29, 1.82) is 0 Å². The van der Waals surface area contributed by atoms with Crippen LogP contribution in [0.2, 0.25) is 0 Å². The van der Waals surface area contributed by atoms with Gasteiger partial charge in [0.25, 0.3) is 0 Å². The molecule has 0 aromatic rings. The fourth-order valence-corrected chi connectivity index (χ4v) is 2.35. The lowest BCUT2D eigenvalue weighted by molar-refractivity contribution is -0.140. The number of ether oxygens (including phenoxy) is 2. The number of methoxy groups -OCH3 is 1. The number of unbranched alkanes of at least 4 members (excludes halogenated alkanes) is 4. The molecule has 1 N–H and O–H groups in total. The quantitative estimate of drug-likeness (QED) is 0.510. The van der Waals surface area contributed by atoms with Gasteiger partial charge in [0, 0.05) is 13.0 Å². The van der Waals surface area contributed by atoms with Gasteiger partial charge in [-0.3, -0.25) is 4.79 Å². The van der Waals surface area contributed by atoms with Crippen molar-refractivity contribution in [2.75, 3.05) is 13.7 Å². The van der Waals surface area contributed by atoms with Crippen molar-refractivity contribution in [3.8, 4) is 0 Å². The fourth-order valence-electron chi connectivity index (χ4n) is 2.35. The van der Waals surface area contributed by atoms with Crippen molar-refractivity contribution in [2.45, 2.75) is 70.0 Å². The van der Waals surface area contributed by atoms with Crippen LogP contribution in [0.3, 0.4) is 0 Å². The largest absolute Gasteiger partial charge is 0.469 e. The van der Waals surface area contributed by atoms with E-state index in [9.17, 15) is 9.90 Å². The first kappa shape index (κ1) is 15.4. The second kappa shape index (κ2) is 9.34. The summed E-state index contributed by atoms with van der Waals surface area (Å²) in [7, 11) is 1.43. The normalized spacial score (nSPS) is 20.9. The number of esters is 1. The number of carbonyl (C=O) groups is 1. The molecule has 0 radical (unpaired) electrons. The second-order valence-corrected chi connectivity index (χ2v) is 5.00. The lowest BCUT2D eigenvalue weighted by atomic mass is 10.0. The van der Waals surface area contributed by atoms with E-state index in [1.54, 1.807) is 0 Å². The van der Waals surface area contributed by atoms with E-state index in [2.05, 4.69) is 4.74 Å². The first-order chi connectivity index (χ1) is 8.74. The number of hydrogen-bond acceptors (Lipinski definition) is 4. The van der Waals surface area contributed by atoms with E-state index in [4.69, 9.17) is 4.74 Å². The Morgan fingerprint density at radius 2 is 2.06 bits per heavy atom. The van der Waals surface area contributed by atoms with Crippen LogP contribution in [0.25, 0.3) is 0 Å². The molecule has 106 valence electrons. The van der Waals surface area contributed by atoms with Gasteiger partial charge in [-0.05, 0) is 25.7 Å². The Morgan fingerprint density at radius 3 is 2.72 bits per heavy atom. The van der Waals surface area contributed by atoms with Crippen molar-refractivity contribution in [1.82, 2.24) is 0 Å². The van der Waals surface area contributed by atoms with Crippen molar-refractivity contribution < 1.29 is 19.4 Å². The van der Waals surface area contributed by atoms with Crippen molar-refractivity contribution in [3.63, 3.8) is 0 Å². The van der Waals surface area contributed by atoms with Crippen molar-refractivity contribution in [2.24, 2.45) is 0 Å². The summed E-state index contributed by atoms with van der Waals surface area (Å²) in [6.45, 7) is 0.801. The average Bonchev–Trinajstić information content (AvgIpc) is 2.91. The summed E-state index contributed by atoms with van der Waals surface area (Å²) in [6.07, 6.45) is 8.46. The summed E-state index contributed by atoms with van der Waals surface area (Å²) < 4.78 is 10.0. The van der Waals surface area contributed by atoms with Gasteiger partial charge < -0.3 is 14.6 Å². The van der Waals surface area contributed by atoms with Crippen LogP contribution in [0, 0.1) is 0 Å². The third-order valence-electron chi connectivity index (χ3n) is 3.50. The monoisotopic (exact) mass is 258 g/mol. The van der Waals surface area contributed by atoms with Gasteiger partial charge in [-0.15, -0.1) is 0 Å². The van der Waals surface area contributed by atoms with Gasteiger partial charge in [0.2, 0.25) is 0 Å². The van der Waals surface area contributed by atoms with E-state index in [0.29, 0.717) is 6.42 Å². The minimum atomic E-state index is -0.289. The maximum absolute atomic E-state index is 10.9. The van der Waals surface area contributed by atoms with Crippen LogP contribution in [0.4, 0.5) is 0 Å². The number of aliphatic hydroxyl groups is 1. The highest BCUT2D eigenvalue weighted by Crippen LogP contribution is 2.19. The summed E-state index contributed by atoms with van der Waals surface area (Å²) in [6, 6.07) is 0. The van der Waals surface area contributed by atoms with E-state index in [1.807, 2.05) is 0 Å². The molecule has 2 atom stereocenters. The second-order valence-electron chi connectivity index (χ2n) is 5.00. The molecule has 1 unspecified atom stereocenters. The summed E-state index contributed by atoms with van der Waals surface area (Å²) in [5.41, 5.74) is 0. The van der Waals surface area contributed by atoms with Gasteiger partial charge in [0.1, 0.15) is 0 Å². The number of hydrogen-bond donors (Lipinski definition) is 1. The van der Waals surface area contributed by atoms with E-state index in [-0.39, 0.29) is 18.2 Å². The maximum atomic E-state index is 10.9. The lowest BCUT2D eigenvalue weighted by Crippen LogP contribution is -2.24. The Morgan fingerprint density at radius 1 is 1.33 bits per heavy atom. The molecule has 1 aliphatic heterocycles. The molecule has 0 aromatic carbocycles. The number of rotatable bonds is 9. The zero-order valence-corrected chi connectivity index (χ0v) is 11.4. The predicted molar refractivity (Wildman–Crippen MR) is 69.3 cm³/mol. The molecule has 1 fully saturated rings. The zero-order valence-electron chi connectivity index (χ0n) is 11.4. The van der Waals surface area contributed by atoms with Gasteiger partial charge in [-0.25, -0.2) is 0 Å². The maximum Gasteiger partial charge on any atom is 0.305 e. The SMILES string of the molecule is COC(=O)CCCCCCC[C@@H](O)C1CCCO1. The van der Waals surface area contributed by atoms with Crippen LogP contribution in [0.15, 0.2) is 0 Å². The van der Waals surface area contributed by atoms with Crippen LogP contribution in [0.1, 0.15) is 57.8 Å². The Balaban J connectivity index is 1.87. The summed E-state index contributed by atoms with van der Waals surface area (Å²) >= 11 is 0. The molecule has 18 heavy (non-hydrogen) atoms. The predicted octanol–water partition coefficient (Wildman–Crippen LogP) is 2.43. The minimum Gasteiger partial charge on any atom is -0.469 e. The lowest BCUT2D eigenvalue weighted by Gasteiger charge is -2.16. The van der Waals surface area contributed by atoms with Gasteiger partial charge in [0.05, 0.1) is 19.3 Å². The zero-order chi connectivity index (χ0) is 13.2. The molecule has 0 saturated carbocycles. The van der Waals surface area contributed by atoms with E-state index >= 15 is 0 Å². The Kier molecular flexibility index (Phi) is 8.01. The molecule has 0 aliphatic carbocycles. The molecule has 1 aliphatic rings. The average molecular weight is 258 g/mol. The first-order valence-corrected chi connectivity index (χ1v) is 7.10. The first-order valence-electron chi connectivity index (χ1n) is 7.10.